The molecule has 100 valence electrons. The molecule has 0 aliphatic rings. The summed E-state index contributed by atoms with van der Waals surface area (Å²) >= 11 is 0. The van der Waals surface area contributed by atoms with E-state index in [0.29, 0.717) is 18.9 Å². The lowest BCUT2D eigenvalue weighted by atomic mass is 10.1. The van der Waals surface area contributed by atoms with Gasteiger partial charge in [-0.2, -0.15) is 0 Å². The van der Waals surface area contributed by atoms with Gasteiger partial charge in [-0.05, 0) is 37.6 Å². The number of carboxylic acids is 1. The van der Waals surface area contributed by atoms with E-state index in [1.54, 1.807) is 12.1 Å². The van der Waals surface area contributed by atoms with E-state index in [-0.39, 0.29) is 0 Å². The van der Waals surface area contributed by atoms with Crippen LogP contribution >= 0.6 is 0 Å². The minimum Gasteiger partial charge on any atom is -0.494 e. The molecular weight excluding hydrogens is 230 g/mol. The fourth-order valence-electron chi connectivity index (χ4n) is 1.72. The third-order valence-electron chi connectivity index (χ3n) is 2.63. The lowest BCUT2D eigenvalue weighted by Crippen LogP contribution is -2.29. The number of hydrogen-bond donors (Lipinski definition) is 2. The minimum atomic E-state index is -0.861. The zero-order valence-electron chi connectivity index (χ0n) is 11.0. The first kappa shape index (κ1) is 14.5. The van der Waals surface area contributed by atoms with Crippen molar-refractivity contribution in [3.05, 3.63) is 29.8 Å². The number of unbranched alkanes of at least 4 members (excludes halogenated alkanes) is 1. The minimum absolute atomic E-state index is 0.574. The summed E-state index contributed by atoms with van der Waals surface area (Å²) < 4.78 is 5.38. The average Bonchev–Trinajstić information content (AvgIpc) is 2.35. The fraction of sp³-hybridized carbons (Fsp3) is 0.500. The molecule has 0 radical (unpaired) electrons. The third kappa shape index (κ3) is 4.37. The Balaban J connectivity index is 2.77. The number of benzene rings is 1. The molecule has 0 saturated heterocycles. The second kappa shape index (κ2) is 7.71. The van der Waals surface area contributed by atoms with E-state index in [4.69, 9.17) is 4.74 Å². The summed E-state index contributed by atoms with van der Waals surface area (Å²) in [7, 11) is 0. The molecule has 4 nitrogen and oxygen atoms in total. The highest BCUT2D eigenvalue weighted by molar-refractivity contribution is 5.75. The molecule has 0 amide bonds. The standard InChI is InChI=1S/C14H21NO3/c1-3-5-9-15-13(14(16)17)11-7-6-8-12(10-11)18-4-2/h6-8,10,13,15H,3-5,9H2,1-2H3,(H,16,17). The van der Waals surface area contributed by atoms with E-state index >= 15 is 0 Å². The third-order valence-corrected chi connectivity index (χ3v) is 2.63. The normalized spacial score (nSPS) is 12.1. The number of ether oxygens (including phenoxy) is 1. The molecule has 2 N–H and O–H groups in total. The van der Waals surface area contributed by atoms with Gasteiger partial charge in [0.25, 0.3) is 0 Å². The van der Waals surface area contributed by atoms with E-state index in [1.165, 1.54) is 0 Å². The SMILES string of the molecule is CCCCNC(C(=O)O)c1cccc(OCC)c1. The summed E-state index contributed by atoms with van der Waals surface area (Å²) in [5.41, 5.74) is 0.726. The van der Waals surface area contributed by atoms with Crippen LogP contribution in [-0.2, 0) is 4.79 Å². The molecule has 0 aliphatic heterocycles. The molecule has 0 aromatic heterocycles. The van der Waals surface area contributed by atoms with Crippen molar-refractivity contribution in [1.29, 1.82) is 0 Å². The van der Waals surface area contributed by atoms with E-state index < -0.39 is 12.0 Å². The Morgan fingerprint density at radius 3 is 2.83 bits per heavy atom. The predicted molar refractivity (Wildman–Crippen MR) is 70.9 cm³/mol. The molecule has 0 bridgehead atoms. The van der Waals surface area contributed by atoms with Gasteiger partial charge < -0.3 is 15.2 Å². The molecule has 0 aliphatic carbocycles. The summed E-state index contributed by atoms with van der Waals surface area (Å²) in [5.74, 6) is -0.154. The molecule has 0 saturated carbocycles. The van der Waals surface area contributed by atoms with E-state index in [2.05, 4.69) is 12.2 Å². The molecule has 4 heteroatoms. The van der Waals surface area contributed by atoms with E-state index in [9.17, 15) is 9.90 Å². The summed E-state index contributed by atoms with van der Waals surface area (Å²) in [4.78, 5) is 11.3. The summed E-state index contributed by atoms with van der Waals surface area (Å²) in [6.45, 7) is 5.25. The van der Waals surface area contributed by atoms with Gasteiger partial charge in [0.2, 0.25) is 0 Å². The Hall–Kier alpha value is -1.55. The van der Waals surface area contributed by atoms with Crippen LogP contribution in [0.4, 0.5) is 0 Å². The van der Waals surface area contributed by atoms with Gasteiger partial charge in [-0.1, -0.05) is 25.5 Å². The maximum atomic E-state index is 11.3. The quantitative estimate of drug-likeness (QED) is 0.697. The van der Waals surface area contributed by atoms with Crippen molar-refractivity contribution in [3.63, 3.8) is 0 Å². The van der Waals surface area contributed by atoms with Crippen molar-refractivity contribution in [3.8, 4) is 5.75 Å². The second-order valence-corrected chi connectivity index (χ2v) is 4.08. The van der Waals surface area contributed by atoms with Crippen molar-refractivity contribution >= 4 is 5.97 Å². The molecule has 18 heavy (non-hydrogen) atoms. The van der Waals surface area contributed by atoms with Crippen molar-refractivity contribution in [2.75, 3.05) is 13.2 Å². The molecule has 1 atom stereocenters. The smallest absolute Gasteiger partial charge is 0.325 e. The van der Waals surface area contributed by atoms with Gasteiger partial charge in [-0.25, -0.2) is 0 Å². The number of rotatable bonds is 8. The first-order valence-corrected chi connectivity index (χ1v) is 6.38. The summed E-state index contributed by atoms with van der Waals surface area (Å²) in [5, 5.41) is 12.3. The van der Waals surface area contributed by atoms with Gasteiger partial charge in [0, 0.05) is 0 Å². The van der Waals surface area contributed by atoms with Crippen LogP contribution in [0.3, 0.4) is 0 Å². The first-order valence-electron chi connectivity index (χ1n) is 6.38. The molecule has 0 spiro atoms. The van der Waals surface area contributed by atoms with Crippen LogP contribution in [0, 0.1) is 0 Å². The van der Waals surface area contributed by atoms with Crippen LogP contribution < -0.4 is 10.1 Å². The largest absolute Gasteiger partial charge is 0.494 e. The van der Waals surface area contributed by atoms with Crippen LogP contribution in [0.2, 0.25) is 0 Å². The monoisotopic (exact) mass is 251 g/mol. The van der Waals surface area contributed by atoms with Gasteiger partial charge in [-0.15, -0.1) is 0 Å². The van der Waals surface area contributed by atoms with Crippen molar-refractivity contribution in [2.24, 2.45) is 0 Å². The Morgan fingerprint density at radius 2 is 2.22 bits per heavy atom. The Kier molecular flexibility index (Phi) is 6.22. The van der Waals surface area contributed by atoms with Crippen molar-refractivity contribution < 1.29 is 14.6 Å². The number of carbonyl (C=O) groups is 1. The topological polar surface area (TPSA) is 58.6 Å². The van der Waals surface area contributed by atoms with Gasteiger partial charge >= 0.3 is 5.97 Å². The van der Waals surface area contributed by atoms with Crippen molar-refractivity contribution in [2.45, 2.75) is 32.7 Å². The Bertz CT molecular complexity index is 379. The fourth-order valence-corrected chi connectivity index (χ4v) is 1.72. The number of nitrogens with one attached hydrogen (secondary N) is 1. The average molecular weight is 251 g/mol. The van der Waals surface area contributed by atoms with Crippen LogP contribution in [-0.4, -0.2) is 24.2 Å². The molecule has 0 heterocycles. The number of carboxylic acid groups (broad SMARTS) is 1. The van der Waals surface area contributed by atoms with Gasteiger partial charge in [-0.3, -0.25) is 4.79 Å². The summed E-state index contributed by atoms with van der Waals surface area (Å²) in [6, 6.07) is 6.56. The van der Waals surface area contributed by atoms with Crippen LogP contribution in [0.25, 0.3) is 0 Å². The predicted octanol–water partition coefficient (Wildman–Crippen LogP) is 2.60. The highest BCUT2D eigenvalue weighted by Gasteiger charge is 2.19. The highest BCUT2D eigenvalue weighted by Crippen LogP contribution is 2.19. The second-order valence-electron chi connectivity index (χ2n) is 4.08. The summed E-state index contributed by atoms with van der Waals surface area (Å²) in [6.07, 6.45) is 2.01. The molecular formula is C14H21NO3. The number of aliphatic carboxylic acids is 1. The van der Waals surface area contributed by atoms with Gasteiger partial charge in [0.05, 0.1) is 6.61 Å². The van der Waals surface area contributed by atoms with Gasteiger partial charge in [0.1, 0.15) is 11.8 Å². The molecule has 1 aromatic rings. The Morgan fingerprint density at radius 1 is 1.44 bits per heavy atom. The zero-order valence-corrected chi connectivity index (χ0v) is 11.0. The van der Waals surface area contributed by atoms with Gasteiger partial charge in [0.15, 0.2) is 0 Å². The lowest BCUT2D eigenvalue weighted by Gasteiger charge is -2.15. The maximum Gasteiger partial charge on any atom is 0.325 e. The van der Waals surface area contributed by atoms with Crippen molar-refractivity contribution in [1.82, 2.24) is 5.32 Å². The van der Waals surface area contributed by atoms with Crippen LogP contribution in [0.1, 0.15) is 38.3 Å². The molecule has 1 aromatic carbocycles. The molecule has 0 fully saturated rings. The molecule has 1 rings (SSSR count). The first-order chi connectivity index (χ1) is 8.69. The van der Waals surface area contributed by atoms with E-state index in [1.807, 2.05) is 19.1 Å². The lowest BCUT2D eigenvalue weighted by molar-refractivity contribution is -0.139. The van der Waals surface area contributed by atoms with Crippen LogP contribution in [0.15, 0.2) is 24.3 Å². The zero-order chi connectivity index (χ0) is 13.4. The highest BCUT2D eigenvalue weighted by atomic mass is 16.5. The van der Waals surface area contributed by atoms with E-state index in [0.717, 1.165) is 18.4 Å². The maximum absolute atomic E-state index is 11.3. The Labute approximate surface area is 108 Å². The number of hydrogen-bond acceptors (Lipinski definition) is 3. The molecule has 1 unspecified atom stereocenters. The van der Waals surface area contributed by atoms with Crippen LogP contribution in [0.5, 0.6) is 5.75 Å².